The smallest absolute Gasteiger partial charge is 0.326 e. The number of halogens is 4. The quantitative estimate of drug-likeness (QED) is 0.872. The summed E-state index contributed by atoms with van der Waals surface area (Å²) >= 11 is 1.49. The highest BCUT2D eigenvalue weighted by atomic mass is 35.5. The zero-order valence-electron chi connectivity index (χ0n) is 10.8. The molecular weight excluding hydrogens is 313 g/mol. The van der Waals surface area contributed by atoms with Crippen LogP contribution in [0.3, 0.4) is 0 Å². The van der Waals surface area contributed by atoms with Crippen molar-refractivity contribution in [2.75, 3.05) is 17.3 Å². The van der Waals surface area contributed by atoms with Crippen LogP contribution in [0.5, 0.6) is 0 Å². The number of anilines is 1. The van der Waals surface area contributed by atoms with Crippen molar-refractivity contribution in [3.8, 4) is 0 Å². The van der Waals surface area contributed by atoms with E-state index in [-0.39, 0.29) is 37.0 Å². The van der Waals surface area contributed by atoms with Crippen molar-refractivity contribution in [2.24, 2.45) is 5.73 Å². The van der Waals surface area contributed by atoms with Crippen LogP contribution >= 0.6 is 24.2 Å². The molecule has 3 nitrogen and oxygen atoms in total. The Labute approximate surface area is 125 Å². The molecule has 0 heterocycles. The molecule has 0 radical (unpaired) electrons. The second-order valence-corrected chi connectivity index (χ2v) is 4.90. The minimum Gasteiger partial charge on any atom is -0.326 e. The van der Waals surface area contributed by atoms with Crippen molar-refractivity contribution in [3.63, 3.8) is 0 Å². The van der Waals surface area contributed by atoms with Crippen molar-refractivity contribution in [2.45, 2.75) is 19.1 Å². The Kier molecular flexibility index (Phi) is 8.00. The first kappa shape index (κ1) is 19.1. The number of benzene rings is 1. The summed E-state index contributed by atoms with van der Waals surface area (Å²) in [5.41, 5.74) is 5.00. The average Bonchev–Trinajstić information content (AvgIpc) is 2.34. The summed E-state index contributed by atoms with van der Waals surface area (Å²) in [4.78, 5) is 11.5. The number of carbonyl (C=O) groups excluding carboxylic acids is 1. The molecule has 0 unspecified atom stereocenters. The number of nitrogens with two attached hydrogens (primary N) is 1. The van der Waals surface area contributed by atoms with Crippen LogP contribution in [-0.2, 0) is 17.5 Å². The van der Waals surface area contributed by atoms with Gasteiger partial charge in [0.05, 0.1) is 5.56 Å². The van der Waals surface area contributed by atoms with E-state index in [4.69, 9.17) is 5.73 Å². The minimum atomic E-state index is -4.45. The topological polar surface area (TPSA) is 55.1 Å². The first-order valence-corrected chi connectivity index (χ1v) is 6.96. The van der Waals surface area contributed by atoms with Crippen molar-refractivity contribution >= 4 is 35.8 Å². The van der Waals surface area contributed by atoms with Gasteiger partial charge in [0.2, 0.25) is 5.91 Å². The molecule has 1 rings (SSSR count). The third kappa shape index (κ3) is 6.02. The van der Waals surface area contributed by atoms with Crippen molar-refractivity contribution in [3.05, 3.63) is 29.3 Å². The molecule has 0 saturated carbocycles. The lowest BCUT2D eigenvalue weighted by Gasteiger charge is -2.12. The number of thioether (sulfide) groups is 1. The van der Waals surface area contributed by atoms with Gasteiger partial charge in [-0.05, 0) is 30.0 Å². The molecule has 0 aliphatic heterocycles. The predicted octanol–water partition coefficient (Wildman–Crippen LogP) is 3.28. The van der Waals surface area contributed by atoms with Crippen LogP contribution in [0.4, 0.5) is 18.9 Å². The number of hydrogen-bond donors (Lipinski definition) is 2. The van der Waals surface area contributed by atoms with Gasteiger partial charge in [0.1, 0.15) is 0 Å². The van der Waals surface area contributed by atoms with E-state index < -0.39 is 11.7 Å². The van der Waals surface area contributed by atoms with E-state index in [1.807, 2.05) is 6.26 Å². The SMILES string of the molecule is CSCCC(=O)Nc1cc(CN)cc(C(F)(F)F)c1.Cl. The van der Waals surface area contributed by atoms with Crippen LogP contribution in [0.15, 0.2) is 18.2 Å². The van der Waals surface area contributed by atoms with Gasteiger partial charge >= 0.3 is 6.18 Å². The van der Waals surface area contributed by atoms with Crippen molar-refractivity contribution in [1.82, 2.24) is 0 Å². The Morgan fingerprint density at radius 2 is 2.00 bits per heavy atom. The molecule has 0 aromatic heterocycles. The molecule has 0 spiro atoms. The number of carbonyl (C=O) groups is 1. The van der Waals surface area contributed by atoms with Crippen LogP contribution in [0.2, 0.25) is 0 Å². The second kappa shape index (κ2) is 8.39. The number of rotatable bonds is 5. The second-order valence-electron chi connectivity index (χ2n) is 3.91. The molecule has 20 heavy (non-hydrogen) atoms. The lowest BCUT2D eigenvalue weighted by Crippen LogP contribution is -2.14. The van der Waals surface area contributed by atoms with E-state index >= 15 is 0 Å². The van der Waals surface area contributed by atoms with Crippen molar-refractivity contribution in [1.29, 1.82) is 0 Å². The number of nitrogens with one attached hydrogen (secondary N) is 1. The monoisotopic (exact) mass is 328 g/mol. The molecule has 0 aliphatic carbocycles. The molecule has 0 saturated heterocycles. The first-order valence-electron chi connectivity index (χ1n) is 5.57. The summed E-state index contributed by atoms with van der Waals surface area (Å²) in [5.74, 6) is 0.311. The highest BCUT2D eigenvalue weighted by molar-refractivity contribution is 7.98. The van der Waals surface area contributed by atoms with Gasteiger partial charge in [0, 0.05) is 24.4 Å². The van der Waals surface area contributed by atoms with E-state index in [9.17, 15) is 18.0 Å². The maximum Gasteiger partial charge on any atom is 0.416 e. The number of hydrogen-bond acceptors (Lipinski definition) is 3. The average molecular weight is 329 g/mol. The fraction of sp³-hybridized carbons (Fsp3) is 0.417. The molecule has 1 amide bonds. The highest BCUT2D eigenvalue weighted by Crippen LogP contribution is 2.32. The van der Waals surface area contributed by atoms with Gasteiger partial charge in [-0.25, -0.2) is 0 Å². The van der Waals surface area contributed by atoms with Gasteiger partial charge in [-0.2, -0.15) is 24.9 Å². The Bertz CT molecular complexity index is 455. The predicted molar refractivity (Wildman–Crippen MR) is 78.2 cm³/mol. The molecule has 0 bridgehead atoms. The zero-order chi connectivity index (χ0) is 14.5. The molecule has 3 N–H and O–H groups in total. The van der Waals surface area contributed by atoms with E-state index in [0.717, 1.165) is 12.1 Å². The molecule has 1 aromatic carbocycles. The molecule has 114 valence electrons. The van der Waals surface area contributed by atoms with E-state index in [2.05, 4.69) is 5.32 Å². The summed E-state index contributed by atoms with van der Waals surface area (Å²) in [5, 5.41) is 2.46. The standard InChI is InChI=1S/C12H15F3N2OS.ClH/c1-19-3-2-11(18)17-10-5-8(7-16)4-9(6-10)12(13,14)15;/h4-6H,2-3,7,16H2,1H3,(H,17,18);1H. The summed E-state index contributed by atoms with van der Waals surface area (Å²) in [6, 6.07) is 3.35. The fourth-order valence-corrected chi connectivity index (χ4v) is 1.85. The fourth-order valence-electron chi connectivity index (χ4n) is 1.46. The first-order chi connectivity index (χ1) is 8.86. The van der Waals surface area contributed by atoms with Crippen molar-refractivity contribution < 1.29 is 18.0 Å². The summed E-state index contributed by atoms with van der Waals surface area (Å²) in [6.45, 7) is -0.0163. The molecule has 0 aliphatic rings. The van der Waals surface area contributed by atoms with E-state index in [0.29, 0.717) is 11.3 Å². The summed E-state index contributed by atoms with van der Waals surface area (Å²) in [7, 11) is 0. The molecule has 1 aromatic rings. The summed E-state index contributed by atoms with van der Waals surface area (Å²) in [6.07, 6.45) is -2.34. The van der Waals surface area contributed by atoms with Gasteiger partial charge in [-0.15, -0.1) is 12.4 Å². The summed E-state index contributed by atoms with van der Waals surface area (Å²) < 4.78 is 38.0. The Hall–Kier alpha value is -0.920. The van der Waals surface area contributed by atoms with Gasteiger partial charge < -0.3 is 11.1 Å². The van der Waals surface area contributed by atoms with E-state index in [1.54, 1.807) is 0 Å². The third-order valence-electron chi connectivity index (χ3n) is 2.37. The lowest BCUT2D eigenvalue weighted by molar-refractivity contribution is -0.137. The molecule has 8 heteroatoms. The Morgan fingerprint density at radius 3 is 2.50 bits per heavy atom. The van der Waals surface area contributed by atoms with E-state index in [1.165, 1.54) is 17.8 Å². The minimum absolute atomic E-state index is 0. The van der Waals surface area contributed by atoms with Gasteiger partial charge in [-0.1, -0.05) is 0 Å². The van der Waals surface area contributed by atoms with Crippen LogP contribution in [0, 0.1) is 0 Å². The normalized spacial score (nSPS) is 10.8. The van der Waals surface area contributed by atoms with Gasteiger partial charge in [0.15, 0.2) is 0 Å². The molecule has 0 fully saturated rings. The maximum absolute atomic E-state index is 12.7. The Balaban J connectivity index is 0.00000361. The highest BCUT2D eigenvalue weighted by Gasteiger charge is 2.31. The van der Waals surface area contributed by atoms with Gasteiger partial charge in [-0.3, -0.25) is 4.79 Å². The molecule has 0 atom stereocenters. The largest absolute Gasteiger partial charge is 0.416 e. The van der Waals surface area contributed by atoms with Crippen LogP contribution < -0.4 is 11.1 Å². The van der Waals surface area contributed by atoms with Crippen LogP contribution in [0.25, 0.3) is 0 Å². The van der Waals surface area contributed by atoms with Crippen LogP contribution in [-0.4, -0.2) is 17.9 Å². The van der Waals surface area contributed by atoms with Gasteiger partial charge in [0.25, 0.3) is 0 Å². The third-order valence-corrected chi connectivity index (χ3v) is 2.99. The maximum atomic E-state index is 12.7. The van der Waals surface area contributed by atoms with Crippen LogP contribution in [0.1, 0.15) is 17.5 Å². The lowest BCUT2D eigenvalue weighted by atomic mass is 10.1. The molecular formula is C12H16ClF3N2OS. The number of alkyl halides is 3. The number of amides is 1. The zero-order valence-corrected chi connectivity index (χ0v) is 12.4. The Morgan fingerprint density at radius 1 is 1.35 bits per heavy atom.